The Kier molecular flexibility index (Phi) is 3.48. The van der Waals surface area contributed by atoms with Gasteiger partial charge in [-0.2, -0.15) is 0 Å². The average Bonchev–Trinajstić information content (AvgIpc) is 2.79. The molecule has 3 heteroatoms. The van der Waals surface area contributed by atoms with Crippen molar-refractivity contribution in [3.8, 4) is 0 Å². The second-order valence-corrected chi connectivity index (χ2v) is 4.96. The molecule has 3 nitrogen and oxygen atoms in total. The van der Waals surface area contributed by atoms with E-state index in [2.05, 4.69) is 5.32 Å². The van der Waals surface area contributed by atoms with Gasteiger partial charge in [-0.25, -0.2) is 0 Å². The lowest BCUT2D eigenvalue weighted by molar-refractivity contribution is 0.0902. The van der Waals surface area contributed by atoms with Crippen molar-refractivity contribution in [1.29, 1.82) is 0 Å². The van der Waals surface area contributed by atoms with Crippen LogP contribution in [0.25, 0.3) is 0 Å². The summed E-state index contributed by atoms with van der Waals surface area (Å²) in [5.41, 5.74) is 7.42. The first kappa shape index (κ1) is 12.1. The summed E-state index contributed by atoms with van der Waals surface area (Å²) >= 11 is 0. The zero-order chi connectivity index (χ0) is 12.3. The number of carbonyl (C=O) groups excluding carboxylic acids is 1. The Balaban J connectivity index is 2.14. The van der Waals surface area contributed by atoms with Crippen LogP contribution in [0.3, 0.4) is 0 Å². The van der Waals surface area contributed by atoms with Gasteiger partial charge in [0.1, 0.15) is 0 Å². The zero-order valence-electron chi connectivity index (χ0n) is 10.3. The third kappa shape index (κ3) is 2.50. The van der Waals surface area contributed by atoms with Crippen LogP contribution in [0.2, 0.25) is 0 Å². The molecule has 1 aromatic rings. The highest BCUT2D eigenvalue weighted by molar-refractivity contribution is 5.96. The van der Waals surface area contributed by atoms with E-state index >= 15 is 0 Å². The number of nitrogens with one attached hydrogen (secondary N) is 1. The van der Waals surface area contributed by atoms with Gasteiger partial charge in [0.25, 0.3) is 5.91 Å². The first-order valence-corrected chi connectivity index (χ1v) is 6.25. The number of carbonyl (C=O) groups is 1. The molecule has 3 N–H and O–H groups in total. The lowest BCUT2D eigenvalue weighted by Gasteiger charge is -2.29. The van der Waals surface area contributed by atoms with Crippen LogP contribution in [0.5, 0.6) is 0 Å². The molecule has 0 aromatic heterocycles. The molecule has 1 aliphatic rings. The zero-order valence-corrected chi connectivity index (χ0v) is 10.3. The number of amides is 1. The van der Waals surface area contributed by atoms with Gasteiger partial charge in [0.05, 0.1) is 5.54 Å². The largest absolute Gasteiger partial charge is 0.345 e. The number of rotatable bonds is 3. The monoisotopic (exact) mass is 232 g/mol. The molecular weight excluding hydrogens is 212 g/mol. The average molecular weight is 232 g/mol. The molecule has 0 saturated heterocycles. The SMILES string of the molecule is Cc1ccccc1C(=O)NC1(CN)CCCC1. The molecule has 1 saturated carbocycles. The van der Waals surface area contributed by atoms with Crippen LogP contribution in [0.15, 0.2) is 24.3 Å². The Morgan fingerprint density at radius 3 is 2.59 bits per heavy atom. The summed E-state index contributed by atoms with van der Waals surface area (Å²) < 4.78 is 0. The van der Waals surface area contributed by atoms with Crippen molar-refractivity contribution < 1.29 is 4.79 Å². The predicted octanol–water partition coefficient (Wildman–Crippen LogP) is 2.00. The minimum Gasteiger partial charge on any atom is -0.345 e. The normalized spacial score (nSPS) is 18.0. The molecule has 0 unspecified atom stereocenters. The summed E-state index contributed by atoms with van der Waals surface area (Å²) in [6.07, 6.45) is 4.32. The van der Waals surface area contributed by atoms with Crippen molar-refractivity contribution in [3.05, 3.63) is 35.4 Å². The lowest BCUT2D eigenvalue weighted by Crippen LogP contribution is -2.51. The van der Waals surface area contributed by atoms with E-state index in [4.69, 9.17) is 5.73 Å². The van der Waals surface area contributed by atoms with Crippen molar-refractivity contribution in [2.45, 2.75) is 38.1 Å². The topological polar surface area (TPSA) is 55.1 Å². The van der Waals surface area contributed by atoms with Gasteiger partial charge in [0.15, 0.2) is 0 Å². The van der Waals surface area contributed by atoms with Gasteiger partial charge >= 0.3 is 0 Å². The fourth-order valence-electron chi connectivity index (χ4n) is 2.57. The molecule has 2 rings (SSSR count). The molecule has 92 valence electrons. The molecule has 0 heterocycles. The minimum absolute atomic E-state index is 0.00968. The Bertz CT molecular complexity index is 408. The Hall–Kier alpha value is -1.35. The van der Waals surface area contributed by atoms with Crippen LogP contribution in [0, 0.1) is 6.92 Å². The van der Waals surface area contributed by atoms with Crippen LogP contribution >= 0.6 is 0 Å². The van der Waals surface area contributed by atoms with E-state index in [-0.39, 0.29) is 11.4 Å². The van der Waals surface area contributed by atoms with Gasteiger partial charge < -0.3 is 11.1 Å². The molecule has 0 atom stereocenters. The molecule has 17 heavy (non-hydrogen) atoms. The summed E-state index contributed by atoms with van der Waals surface area (Å²) in [6.45, 7) is 2.49. The van der Waals surface area contributed by atoms with E-state index in [0.717, 1.165) is 36.8 Å². The number of benzene rings is 1. The summed E-state index contributed by atoms with van der Waals surface area (Å²) in [6, 6.07) is 7.66. The van der Waals surface area contributed by atoms with Crippen molar-refractivity contribution >= 4 is 5.91 Å². The number of hydrogen-bond acceptors (Lipinski definition) is 2. The smallest absolute Gasteiger partial charge is 0.252 e. The van der Waals surface area contributed by atoms with E-state index < -0.39 is 0 Å². The first-order chi connectivity index (χ1) is 8.17. The highest BCUT2D eigenvalue weighted by atomic mass is 16.1. The van der Waals surface area contributed by atoms with Gasteiger partial charge in [-0.1, -0.05) is 31.0 Å². The summed E-state index contributed by atoms with van der Waals surface area (Å²) in [4.78, 5) is 12.2. The summed E-state index contributed by atoms with van der Waals surface area (Å²) in [5, 5.41) is 3.14. The molecule has 1 amide bonds. The third-order valence-electron chi connectivity index (χ3n) is 3.72. The van der Waals surface area contributed by atoms with Crippen molar-refractivity contribution in [1.82, 2.24) is 5.32 Å². The maximum atomic E-state index is 12.2. The van der Waals surface area contributed by atoms with Crippen LogP contribution in [-0.2, 0) is 0 Å². The second kappa shape index (κ2) is 4.88. The van der Waals surface area contributed by atoms with Gasteiger partial charge in [-0.05, 0) is 31.4 Å². The van der Waals surface area contributed by atoms with Crippen molar-refractivity contribution in [2.75, 3.05) is 6.54 Å². The fraction of sp³-hybridized carbons (Fsp3) is 0.500. The minimum atomic E-state index is -0.167. The highest BCUT2D eigenvalue weighted by Gasteiger charge is 2.34. The molecule has 0 bridgehead atoms. The molecule has 0 spiro atoms. The fourth-order valence-corrected chi connectivity index (χ4v) is 2.57. The number of aryl methyl sites for hydroxylation is 1. The number of hydrogen-bond donors (Lipinski definition) is 2. The quantitative estimate of drug-likeness (QED) is 0.837. The van der Waals surface area contributed by atoms with Gasteiger partial charge in [-0.15, -0.1) is 0 Å². The Morgan fingerprint density at radius 2 is 2.00 bits per heavy atom. The summed E-state index contributed by atoms with van der Waals surface area (Å²) in [5.74, 6) is 0.00968. The van der Waals surface area contributed by atoms with E-state index in [1.165, 1.54) is 0 Å². The van der Waals surface area contributed by atoms with Crippen molar-refractivity contribution in [3.63, 3.8) is 0 Å². The second-order valence-electron chi connectivity index (χ2n) is 4.96. The highest BCUT2D eigenvalue weighted by Crippen LogP contribution is 2.29. The van der Waals surface area contributed by atoms with Crippen LogP contribution in [0.1, 0.15) is 41.6 Å². The van der Waals surface area contributed by atoms with Crippen LogP contribution < -0.4 is 11.1 Å². The van der Waals surface area contributed by atoms with E-state index in [0.29, 0.717) is 6.54 Å². The number of nitrogens with two attached hydrogens (primary N) is 1. The molecule has 0 aliphatic heterocycles. The maximum Gasteiger partial charge on any atom is 0.252 e. The molecule has 1 aliphatic carbocycles. The predicted molar refractivity (Wildman–Crippen MR) is 68.9 cm³/mol. The van der Waals surface area contributed by atoms with Gasteiger partial charge in [0.2, 0.25) is 0 Å². The van der Waals surface area contributed by atoms with Gasteiger partial charge in [-0.3, -0.25) is 4.79 Å². The van der Waals surface area contributed by atoms with E-state index in [1.54, 1.807) is 0 Å². The first-order valence-electron chi connectivity index (χ1n) is 6.25. The molecule has 1 fully saturated rings. The van der Waals surface area contributed by atoms with E-state index in [1.807, 2.05) is 31.2 Å². The maximum absolute atomic E-state index is 12.2. The third-order valence-corrected chi connectivity index (χ3v) is 3.72. The molecule has 1 aromatic carbocycles. The standard InChI is InChI=1S/C14H20N2O/c1-11-6-2-3-7-12(11)13(17)16-14(10-15)8-4-5-9-14/h2-3,6-7H,4-5,8-10,15H2,1H3,(H,16,17). The Morgan fingerprint density at radius 1 is 1.35 bits per heavy atom. The lowest BCUT2D eigenvalue weighted by atomic mass is 9.96. The van der Waals surface area contributed by atoms with Crippen molar-refractivity contribution in [2.24, 2.45) is 5.73 Å². The van der Waals surface area contributed by atoms with E-state index in [9.17, 15) is 4.79 Å². The van der Waals surface area contributed by atoms with Gasteiger partial charge in [0, 0.05) is 12.1 Å². The molecule has 0 radical (unpaired) electrons. The van der Waals surface area contributed by atoms with Crippen LogP contribution in [-0.4, -0.2) is 18.0 Å². The summed E-state index contributed by atoms with van der Waals surface area (Å²) in [7, 11) is 0. The van der Waals surface area contributed by atoms with Crippen LogP contribution in [0.4, 0.5) is 0 Å². The molecular formula is C14H20N2O. The Labute approximate surface area is 102 Å².